The van der Waals surface area contributed by atoms with E-state index in [2.05, 4.69) is 11.5 Å². The van der Waals surface area contributed by atoms with Crippen LogP contribution in [-0.4, -0.2) is 12.6 Å². The van der Waals surface area contributed by atoms with Crippen molar-refractivity contribution in [1.29, 1.82) is 5.26 Å². The molecule has 1 aromatic carbocycles. The first-order valence-corrected chi connectivity index (χ1v) is 4.67. The molecule has 2 rings (SSSR count). The highest BCUT2D eigenvalue weighted by Crippen LogP contribution is 2.18. The topological polar surface area (TPSA) is 71.1 Å². The SMILES string of the molecule is N#Cc1cccc(C2=CC(CN)ON2)c1. The largest absolute Gasteiger partial charge is 0.328 e. The first kappa shape index (κ1) is 9.71. The first-order valence-electron chi connectivity index (χ1n) is 4.67. The van der Waals surface area contributed by atoms with Crippen LogP contribution in [0.25, 0.3) is 5.70 Å². The van der Waals surface area contributed by atoms with Gasteiger partial charge >= 0.3 is 0 Å². The van der Waals surface area contributed by atoms with Crippen molar-refractivity contribution < 1.29 is 4.84 Å². The molecule has 0 saturated heterocycles. The Bertz CT molecular complexity index is 434. The zero-order valence-corrected chi connectivity index (χ0v) is 8.10. The van der Waals surface area contributed by atoms with E-state index in [1.54, 1.807) is 12.1 Å². The molecule has 1 unspecified atom stereocenters. The van der Waals surface area contributed by atoms with Crippen molar-refractivity contribution in [3.05, 3.63) is 41.5 Å². The summed E-state index contributed by atoms with van der Waals surface area (Å²) < 4.78 is 0. The molecule has 1 aliphatic rings. The van der Waals surface area contributed by atoms with Crippen molar-refractivity contribution in [2.75, 3.05) is 6.54 Å². The summed E-state index contributed by atoms with van der Waals surface area (Å²) in [7, 11) is 0. The number of hydrogen-bond acceptors (Lipinski definition) is 4. The predicted molar refractivity (Wildman–Crippen MR) is 56.2 cm³/mol. The number of nitrogens with two attached hydrogens (primary N) is 1. The van der Waals surface area contributed by atoms with Crippen LogP contribution in [0.4, 0.5) is 0 Å². The minimum atomic E-state index is -0.0919. The lowest BCUT2D eigenvalue weighted by molar-refractivity contribution is 0.0567. The lowest BCUT2D eigenvalue weighted by Crippen LogP contribution is -2.21. The third-order valence-corrected chi connectivity index (χ3v) is 2.21. The van der Waals surface area contributed by atoms with Gasteiger partial charge in [0.2, 0.25) is 0 Å². The number of hydrogen-bond donors (Lipinski definition) is 2. The maximum Gasteiger partial charge on any atom is 0.118 e. The minimum Gasteiger partial charge on any atom is -0.328 e. The number of hydroxylamine groups is 1. The molecule has 4 nitrogen and oxygen atoms in total. The van der Waals surface area contributed by atoms with E-state index in [1.807, 2.05) is 18.2 Å². The molecule has 1 atom stereocenters. The molecule has 3 N–H and O–H groups in total. The predicted octanol–water partition coefficient (Wildman–Crippen LogP) is 0.761. The van der Waals surface area contributed by atoms with Crippen molar-refractivity contribution in [3.63, 3.8) is 0 Å². The fourth-order valence-electron chi connectivity index (χ4n) is 1.42. The fraction of sp³-hybridized carbons (Fsp3) is 0.182. The van der Waals surface area contributed by atoms with E-state index in [9.17, 15) is 0 Å². The molecule has 1 aliphatic heterocycles. The molecule has 15 heavy (non-hydrogen) atoms. The van der Waals surface area contributed by atoms with Crippen LogP contribution < -0.4 is 11.2 Å². The molecular weight excluding hydrogens is 190 g/mol. The van der Waals surface area contributed by atoms with Gasteiger partial charge in [0.15, 0.2) is 0 Å². The molecule has 0 saturated carbocycles. The van der Waals surface area contributed by atoms with Gasteiger partial charge in [-0.05, 0) is 18.2 Å². The summed E-state index contributed by atoms with van der Waals surface area (Å²) in [5, 5.41) is 8.76. The number of nitrogens with zero attached hydrogens (tertiary/aromatic N) is 1. The quantitative estimate of drug-likeness (QED) is 0.741. The summed E-state index contributed by atoms with van der Waals surface area (Å²) in [5.41, 5.74) is 10.7. The lowest BCUT2D eigenvalue weighted by Gasteiger charge is -2.04. The third-order valence-electron chi connectivity index (χ3n) is 2.21. The Labute approximate surface area is 87.9 Å². The molecule has 0 radical (unpaired) electrons. The van der Waals surface area contributed by atoms with Crippen molar-refractivity contribution in [2.24, 2.45) is 5.73 Å². The molecule has 0 aliphatic carbocycles. The van der Waals surface area contributed by atoms with Crippen LogP contribution in [-0.2, 0) is 4.84 Å². The smallest absolute Gasteiger partial charge is 0.118 e. The molecule has 0 fully saturated rings. The third kappa shape index (κ3) is 1.99. The van der Waals surface area contributed by atoms with Crippen LogP contribution in [0.15, 0.2) is 30.3 Å². The highest BCUT2D eigenvalue weighted by atomic mass is 16.7. The number of benzene rings is 1. The summed E-state index contributed by atoms with van der Waals surface area (Å²) in [4.78, 5) is 5.19. The van der Waals surface area contributed by atoms with Gasteiger partial charge in [0, 0.05) is 12.1 Å². The Morgan fingerprint density at radius 1 is 1.53 bits per heavy atom. The molecule has 0 bridgehead atoms. The number of nitrogens with one attached hydrogen (secondary N) is 1. The maximum absolute atomic E-state index is 8.76. The monoisotopic (exact) mass is 201 g/mol. The van der Waals surface area contributed by atoms with E-state index >= 15 is 0 Å². The van der Waals surface area contributed by atoms with Crippen LogP contribution >= 0.6 is 0 Å². The van der Waals surface area contributed by atoms with Gasteiger partial charge in [0.05, 0.1) is 17.3 Å². The molecule has 1 aromatic rings. The Morgan fingerprint density at radius 3 is 3.07 bits per heavy atom. The van der Waals surface area contributed by atoms with E-state index in [4.69, 9.17) is 15.8 Å². The average Bonchev–Trinajstić information content (AvgIpc) is 2.78. The standard InChI is InChI=1S/C11H11N3O/c12-6-8-2-1-3-9(4-8)11-5-10(7-13)15-14-11/h1-5,10,14H,7,13H2. The molecule has 1 heterocycles. The minimum absolute atomic E-state index is 0.0919. The van der Waals surface area contributed by atoms with Crippen LogP contribution in [0, 0.1) is 11.3 Å². The molecule has 0 amide bonds. The van der Waals surface area contributed by atoms with Gasteiger partial charge in [0.25, 0.3) is 0 Å². The first-order chi connectivity index (χ1) is 7.33. The van der Waals surface area contributed by atoms with Gasteiger partial charge in [-0.3, -0.25) is 10.3 Å². The van der Waals surface area contributed by atoms with Crippen molar-refractivity contribution in [1.82, 2.24) is 5.48 Å². The second kappa shape index (κ2) is 4.13. The highest BCUT2D eigenvalue weighted by Gasteiger charge is 2.15. The zero-order valence-electron chi connectivity index (χ0n) is 8.10. The van der Waals surface area contributed by atoms with Gasteiger partial charge in [-0.15, -0.1) is 0 Å². The normalized spacial score (nSPS) is 19.2. The summed E-state index contributed by atoms with van der Waals surface area (Å²) in [6, 6.07) is 9.42. The lowest BCUT2D eigenvalue weighted by atomic mass is 10.1. The van der Waals surface area contributed by atoms with Crippen molar-refractivity contribution in [2.45, 2.75) is 6.10 Å². The summed E-state index contributed by atoms with van der Waals surface area (Å²) in [5.74, 6) is 0. The Balaban J connectivity index is 2.27. The number of rotatable bonds is 2. The second-order valence-corrected chi connectivity index (χ2v) is 3.27. The van der Waals surface area contributed by atoms with E-state index < -0.39 is 0 Å². The van der Waals surface area contributed by atoms with Crippen molar-refractivity contribution >= 4 is 5.70 Å². The Hall–Kier alpha value is -1.83. The molecule has 76 valence electrons. The van der Waals surface area contributed by atoms with Gasteiger partial charge in [0.1, 0.15) is 6.10 Å². The van der Waals surface area contributed by atoms with Crippen LogP contribution in [0.2, 0.25) is 0 Å². The van der Waals surface area contributed by atoms with Crippen LogP contribution in [0.1, 0.15) is 11.1 Å². The number of nitriles is 1. The molecule has 0 spiro atoms. The fourth-order valence-corrected chi connectivity index (χ4v) is 1.42. The zero-order chi connectivity index (χ0) is 10.7. The molecular formula is C11H11N3O. The van der Waals surface area contributed by atoms with Gasteiger partial charge in [-0.2, -0.15) is 5.26 Å². The van der Waals surface area contributed by atoms with Crippen LogP contribution in [0.3, 0.4) is 0 Å². The van der Waals surface area contributed by atoms with Crippen LogP contribution in [0.5, 0.6) is 0 Å². The summed E-state index contributed by atoms with van der Waals surface area (Å²) in [6.45, 7) is 0.439. The average molecular weight is 201 g/mol. The van der Waals surface area contributed by atoms with Gasteiger partial charge < -0.3 is 5.73 Å². The Morgan fingerprint density at radius 2 is 2.40 bits per heavy atom. The van der Waals surface area contributed by atoms with E-state index in [1.165, 1.54) is 0 Å². The maximum atomic E-state index is 8.76. The van der Waals surface area contributed by atoms with Gasteiger partial charge in [-0.1, -0.05) is 12.1 Å². The van der Waals surface area contributed by atoms with Gasteiger partial charge in [-0.25, -0.2) is 0 Å². The molecule has 0 aromatic heterocycles. The van der Waals surface area contributed by atoms with E-state index in [0.717, 1.165) is 11.3 Å². The van der Waals surface area contributed by atoms with E-state index in [-0.39, 0.29) is 6.10 Å². The van der Waals surface area contributed by atoms with Crippen molar-refractivity contribution in [3.8, 4) is 6.07 Å². The van der Waals surface area contributed by atoms with E-state index in [0.29, 0.717) is 12.1 Å². The summed E-state index contributed by atoms with van der Waals surface area (Å²) >= 11 is 0. The Kier molecular flexibility index (Phi) is 2.68. The molecule has 4 heteroatoms. The second-order valence-electron chi connectivity index (χ2n) is 3.27. The summed E-state index contributed by atoms with van der Waals surface area (Å²) in [6.07, 6.45) is 1.82. The highest BCUT2D eigenvalue weighted by molar-refractivity contribution is 5.66.